The van der Waals surface area contributed by atoms with Gasteiger partial charge in [0.15, 0.2) is 5.69 Å². The Hall–Kier alpha value is -2.30. The van der Waals surface area contributed by atoms with Crippen molar-refractivity contribution in [1.82, 2.24) is 4.98 Å². The molecular weight excluding hydrogens is 244 g/mol. The molecule has 0 radical (unpaired) electrons. The van der Waals surface area contributed by atoms with Gasteiger partial charge in [0, 0.05) is 5.69 Å². The molecule has 1 aromatic heterocycles. The number of hydrogen-bond donors (Lipinski definition) is 2. The summed E-state index contributed by atoms with van der Waals surface area (Å²) in [7, 11) is 0. The van der Waals surface area contributed by atoms with E-state index in [2.05, 4.69) is 23.3 Å². The van der Waals surface area contributed by atoms with Crippen molar-refractivity contribution in [2.24, 2.45) is 0 Å². The number of rotatable bonds is 5. The van der Waals surface area contributed by atoms with Gasteiger partial charge >= 0.3 is 5.97 Å². The fourth-order valence-electron chi connectivity index (χ4n) is 1.93. The highest BCUT2D eigenvalue weighted by Crippen LogP contribution is 2.21. The Kier molecular flexibility index (Phi) is 3.85. The number of nitrogens with zero attached hydrogens (tertiary/aromatic N) is 1. The minimum Gasteiger partial charge on any atom is -0.476 e. The summed E-state index contributed by atoms with van der Waals surface area (Å²) in [6.07, 6.45) is 2.08. The van der Waals surface area contributed by atoms with Crippen LogP contribution in [0.15, 0.2) is 28.9 Å². The molecule has 0 aliphatic carbocycles. The van der Waals surface area contributed by atoms with Crippen LogP contribution in [-0.4, -0.2) is 16.1 Å². The van der Waals surface area contributed by atoms with Crippen LogP contribution in [0, 0.1) is 6.92 Å². The highest BCUT2D eigenvalue weighted by molar-refractivity contribution is 5.84. The molecule has 0 aliphatic rings. The van der Waals surface area contributed by atoms with Crippen molar-refractivity contribution in [3.63, 3.8) is 0 Å². The van der Waals surface area contributed by atoms with Gasteiger partial charge in [0.1, 0.15) is 6.26 Å². The highest BCUT2D eigenvalue weighted by atomic mass is 16.4. The summed E-state index contributed by atoms with van der Waals surface area (Å²) in [5.41, 5.74) is 3.34. The number of carbonyl (C=O) groups is 1. The van der Waals surface area contributed by atoms with Gasteiger partial charge in [-0.3, -0.25) is 0 Å². The van der Waals surface area contributed by atoms with Gasteiger partial charge in [0.2, 0.25) is 5.89 Å². The molecule has 0 amide bonds. The van der Waals surface area contributed by atoms with Crippen molar-refractivity contribution in [1.29, 1.82) is 0 Å². The zero-order chi connectivity index (χ0) is 13.8. The van der Waals surface area contributed by atoms with Crippen LogP contribution < -0.4 is 5.32 Å². The number of anilines is 1. The summed E-state index contributed by atoms with van der Waals surface area (Å²) in [5.74, 6) is -0.720. The molecule has 19 heavy (non-hydrogen) atoms. The van der Waals surface area contributed by atoms with Gasteiger partial charge in [0.25, 0.3) is 0 Å². The number of aromatic carboxylic acids is 1. The number of aryl methyl sites for hydroxylation is 2. The van der Waals surface area contributed by atoms with E-state index in [0.29, 0.717) is 12.4 Å². The lowest BCUT2D eigenvalue weighted by molar-refractivity contribution is 0.0690. The van der Waals surface area contributed by atoms with Crippen LogP contribution in [0.25, 0.3) is 0 Å². The topological polar surface area (TPSA) is 75.4 Å². The lowest BCUT2D eigenvalue weighted by Gasteiger charge is -2.12. The van der Waals surface area contributed by atoms with Crippen molar-refractivity contribution in [2.75, 3.05) is 5.32 Å². The normalized spacial score (nSPS) is 10.4. The number of oxazole rings is 1. The largest absolute Gasteiger partial charge is 0.476 e. The smallest absolute Gasteiger partial charge is 0.357 e. The van der Waals surface area contributed by atoms with Gasteiger partial charge in [-0.15, -0.1) is 0 Å². The number of carboxylic acids is 1. The predicted octanol–water partition coefficient (Wildman–Crippen LogP) is 2.86. The van der Waals surface area contributed by atoms with Crippen LogP contribution in [-0.2, 0) is 13.0 Å². The Morgan fingerprint density at radius 2 is 2.26 bits per heavy atom. The maximum absolute atomic E-state index is 10.7. The van der Waals surface area contributed by atoms with Crippen LogP contribution >= 0.6 is 0 Å². The van der Waals surface area contributed by atoms with E-state index in [9.17, 15) is 4.79 Å². The van der Waals surface area contributed by atoms with Crippen molar-refractivity contribution >= 4 is 11.7 Å². The maximum Gasteiger partial charge on any atom is 0.357 e. The molecule has 100 valence electrons. The molecular formula is C14H16N2O3. The second-order valence-corrected chi connectivity index (χ2v) is 4.25. The van der Waals surface area contributed by atoms with Gasteiger partial charge in [-0.1, -0.05) is 25.1 Å². The number of hydrogen-bond acceptors (Lipinski definition) is 4. The van der Waals surface area contributed by atoms with E-state index >= 15 is 0 Å². The summed E-state index contributed by atoms with van der Waals surface area (Å²) in [5, 5.41) is 12.0. The molecule has 0 spiro atoms. The standard InChI is InChI=1S/C14H16N2O3/c1-3-10-6-4-5-9(2)13(10)15-7-12-16-11(8-19-12)14(17)18/h4-6,8,15H,3,7H2,1-2H3,(H,17,18). The second kappa shape index (κ2) is 5.56. The predicted molar refractivity (Wildman–Crippen MR) is 71.3 cm³/mol. The molecule has 2 aromatic rings. The summed E-state index contributed by atoms with van der Waals surface area (Å²) < 4.78 is 5.11. The fourth-order valence-corrected chi connectivity index (χ4v) is 1.93. The molecule has 0 saturated carbocycles. The van der Waals surface area contributed by atoms with Crippen molar-refractivity contribution in [3.05, 3.63) is 47.2 Å². The zero-order valence-corrected chi connectivity index (χ0v) is 10.9. The molecule has 2 rings (SSSR count). The number of para-hydroxylation sites is 1. The first-order valence-corrected chi connectivity index (χ1v) is 6.12. The first-order chi connectivity index (χ1) is 9.11. The Morgan fingerprint density at radius 3 is 2.89 bits per heavy atom. The van der Waals surface area contributed by atoms with E-state index in [1.54, 1.807) is 0 Å². The number of benzene rings is 1. The second-order valence-electron chi connectivity index (χ2n) is 4.25. The van der Waals surface area contributed by atoms with Gasteiger partial charge in [0.05, 0.1) is 6.54 Å². The van der Waals surface area contributed by atoms with Crippen molar-refractivity contribution < 1.29 is 14.3 Å². The fraction of sp³-hybridized carbons (Fsp3) is 0.286. The average Bonchev–Trinajstić information content (AvgIpc) is 2.86. The number of nitrogens with one attached hydrogen (secondary N) is 1. The summed E-state index contributed by atoms with van der Waals surface area (Å²) in [6, 6.07) is 6.11. The minimum absolute atomic E-state index is 0.0719. The molecule has 0 fully saturated rings. The van der Waals surface area contributed by atoms with Gasteiger partial charge in [-0.2, -0.15) is 0 Å². The van der Waals surface area contributed by atoms with E-state index < -0.39 is 5.97 Å². The molecule has 0 unspecified atom stereocenters. The molecule has 2 N–H and O–H groups in total. The molecule has 1 heterocycles. The third kappa shape index (κ3) is 2.93. The summed E-state index contributed by atoms with van der Waals surface area (Å²) in [4.78, 5) is 14.6. The van der Waals surface area contributed by atoms with Crippen LogP contribution in [0.5, 0.6) is 0 Å². The first-order valence-electron chi connectivity index (χ1n) is 6.12. The zero-order valence-electron chi connectivity index (χ0n) is 10.9. The van der Waals surface area contributed by atoms with E-state index in [0.717, 1.165) is 23.9 Å². The van der Waals surface area contributed by atoms with Gasteiger partial charge in [-0.25, -0.2) is 9.78 Å². The monoisotopic (exact) mass is 260 g/mol. The number of carboxylic acid groups (broad SMARTS) is 1. The third-order valence-electron chi connectivity index (χ3n) is 2.93. The van der Waals surface area contributed by atoms with E-state index in [-0.39, 0.29) is 5.69 Å². The molecule has 5 nitrogen and oxygen atoms in total. The van der Waals surface area contributed by atoms with Crippen LogP contribution in [0.4, 0.5) is 5.69 Å². The molecule has 0 bridgehead atoms. The van der Waals surface area contributed by atoms with Crippen molar-refractivity contribution in [3.8, 4) is 0 Å². The SMILES string of the molecule is CCc1cccc(C)c1NCc1nc(C(=O)O)co1. The Bertz CT molecular complexity index is 590. The maximum atomic E-state index is 10.7. The molecule has 1 aromatic carbocycles. The molecule has 0 aliphatic heterocycles. The molecule has 5 heteroatoms. The highest BCUT2D eigenvalue weighted by Gasteiger charge is 2.11. The lowest BCUT2D eigenvalue weighted by Crippen LogP contribution is -2.05. The summed E-state index contributed by atoms with van der Waals surface area (Å²) >= 11 is 0. The quantitative estimate of drug-likeness (QED) is 0.864. The van der Waals surface area contributed by atoms with Crippen LogP contribution in [0.2, 0.25) is 0 Å². The lowest BCUT2D eigenvalue weighted by atomic mass is 10.1. The first kappa shape index (κ1) is 13.1. The Morgan fingerprint density at radius 1 is 1.47 bits per heavy atom. The average molecular weight is 260 g/mol. The van der Waals surface area contributed by atoms with Gasteiger partial charge in [-0.05, 0) is 24.5 Å². The summed E-state index contributed by atoms with van der Waals surface area (Å²) in [6.45, 7) is 4.48. The van der Waals surface area contributed by atoms with Crippen LogP contribution in [0.1, 0.15) is 34.4 Å². The van der Waals surface area contributed by atoms with E-state index in [1.807, 2.05) is 19.1 Å². The third-order valence-corrected chi connectivity index (χ3v) is 2.93. The number of aromatic nitrogens is 1. The molecule has 0 saturated heterocycles. The minimum atomic E-state index is -1.08. The van der Waals surface area contributed by atoms with Gasteiger partial charge < -0.3 is 14.8 Å². The van der Waals surface area contributed by atoms with E-state index in [4.69, 9.17) is 9.52 Å². The Labute approximate surface area is 111 Å². The van der Waals surface area contributed by atoms with Crippen molar-refractivity contribution in [2.45, 2.75) is 26.8 Å². The molecule has 0 atom stereocenters. The Balaban J connectivity index is 2.12. The van der Waals surface area contributed by atoms with E-state index in [1.165, 1.54) is 5.56 Å². The van der Waals surface area contributed by atoms with Crippen LogP contribution in [0.3, 0.4) is 0 Å².